The number of rotatable bonds is 7. The maximum atomic E-state index is 12.7. The van der Waals surface area contributed by atoms with Crippen LogP contribution in [0.5, 0.6) is 5.75 Å². The molecule has 5 heteroatoms. The molecule has 0 aromatic heterocycles. The fourth-order valence-electron chi connectivity index (χ4n) is 3.40. The van der Waals surface area contributed by atoms with E-state index >= 15 is 0 Å². The third-order valence-corrected chi connectivity index (χ3v) is 4.65. The minimum absolute atomic E-state index is 0.183. The Balaban J connectivity index is 1.64. The summed E-state index contributed by atoms with van der Waals surface area (Å²) >= 11 is 0. The van der Waals surface area contributed by atoms with Crippen LogP contribution in [0.3, 0.4) is 0 Å². The quantitative estimate of drug-likeness (QED) is 0.781. The van der Waals surface area contributed by atoms with Gasteiger partial charge < -0.3 is 14.8 Å². The van der Waals surface area contributed by atoms with Crippen molar-refractivity contribution in [2.45, 2.75) is 38.2 Å². The molecule has 0 fully saturated rings. The second-order valence-electron chi connectivity index (χ2n) is 6.60. The Morgan fingerprint density at radius 1 is 1.27 bits per heavy atom. The molecule has 1 heterocycles. The van der Waals surface area contributed by atoms with Crippen LogP contribution in [0.1, 0.15) is 42.1 Å². The molecule has 0 bridgehead atoms. The molecule has 0 saturated heterocycles. The lowest BCUT2D eigenvalue weighted by Gasteiger charge is -2.22. The van der Waals surface area contributed by atoms with E-state index in [-0.39, 0.29) is 11.8 Å². The van der Waals surface area contributed by atoms with Gasteiger partial charge in [0.1, 0.15) is 5.75 Å². The first-order valence-electron chi connectivity index (χ1n) is 9.05. The smallest absolute Gasteiger partial charge is 0.253 e. The van der Waals surface area contributed by atoms with E-state index in [1.165, 1.54) is 5.56 Å². The predicted octanol–water partition coefficient (Wildman–Crippen LogP) is 3.25. The van der Waals surface area contributed by atoms with E-state index in [4.69, 9.17) is 17.3 Å². The van der Waals surface area contributed by atoms with Crippen LogP contribution in [-0.2, 0) is 9.53 Å². The van der Waals surface area contributed by atoms with E-state index in [1.54, 1.807) is 0 Å². The first kappa shape index (κ1) is 18.5. The van der Waals surface area contributed by atoms with Gasteiger partial charge >= 0.3 is 0 Å². The molecule has 1 N–H and O–H groups in total. The molecule has 134 valence electrons. The van der Waals surface area contributed by atoms with Crippen LogP contribution in [0.15, 0.2) is 48.5 Å². The van der Waals surface area contributed by atoms with Gasteiger partial charge in [-0.15, -0.1) is 0 Å². The van der Waals surface area contributed by atoms with Crippen LogP contribution in [0.4, 0.5) is 0 Å². The third kappa shape index (κ3) is 4.10. The summed E-state index contributed by atoms with van der Waals surface area (Å²) in [6.07, 6.45) is -0.0304. The minimum atomic E-state index is -0.651. The molecule has 1 unspecified atom stereocenters. The maximum absolute atomic E-state index is 12.7. The van der Waals surface area contributed by atoms with Crippen LogP contribution in [-0.4, -0.2) is 32.9 Å². The van der Waals surface area contributed by atoms with E-state index < -0.39 is 12.0 Å². The summed E-state index contributed by atoms with van der Waals surface area (Å²) in [5.74, 6) is 0.457. The van der Waals surface area contributed by atoms with E-state index in [1.807, 2.05) is 56.3 Å². The third-order valence-electron chi connectivity index (χ3n) is 4.65. The number of aryl methyl sites for hydroxylation is 1. The van der Waals surface area contributed by atoms with E-state index in [2.05, 4.69) is 11.4 Å². The van der Waals surface area contributed by atoms with Gasteiger partial charge in [0.05, 0.1) is 14.5 Å². The number of fused-ring (bicyclic) bond motifs is 1. The maximum Gasteiger partial charge on any atom is 0.253 e. The fraction of sp³-hybridized carbons (Fsp3) is 0.381. The highest BCUT2D eigenvalue weighted by molar-refractivity contribution is 6.13. The summed E-state index contributed by atoms with van der Waals surface area (Å²) < 4.78 is 11.5. The number of para-hydroxylation sites is 1. The molecule has 0 spiro atoms. The van der Waals surface area contributed by atoms with Crippen molar-refractivity contribution in [3.8, 4) is 5.75 Å². The SMILES string of the molecule is [B][C@H](CC1COc2c(C)cccc21)NC(=O)[C@H](OCC)c1ccccc1. The number of nitrogens with one attached hydrogen (secondary N) is 1. The first-order chi connectivity index (χ1) is 12.6. The molecule has 2 aromatic rings. The molecule has 0 saturated carbocycles. The van der Waals surface area contributed by atoms with Gasteiger partial charge in [-0.05, 0) is 37.3 Å². The lowest BCUT2D eigenvalue weighted by Crippen LogP contribution is -2.40. The Labute approximate surface area is 156 Å². The molecular formula is C21H24BNO3. The van der Waals surface area contributed by atoms with Gasteiger partial charge in [-0.25, -0.2) is 0 Å². The predicted molar refractivity (Wildman–Crippen MR) is 103 cm³/mol. The summed E-state index contributed by atoms with van der Waals surface area (Å²) in [5, 5.41) is 2.89. The zero-order valence-electron chi connectivity index (χ0n) is 15.3. The van der Waals surface area contributed by atoms with Crippen molar-refractivity contribution in [3.05, 3.63) is 65.2 Å². The number of carbonyl (C=O) groups is 1. The normalized spacial score (nSPS) is 17.8. The number of hydrogen-bond donors (Lipinski definition) is 1. The van der Waals surface area contributed by atoms with Crippen LogP contribution >= 0.6 is 0 Å². The van der Waals surface area contributed by atoms with Crippen LogP contribution in [0, 0.1) is 6.92 Å². The average molecular weight is 349 g/mol. The van der Waals surface area contributed by atoms with Crippen LogP contribution in [0.2, 0.25) is 0 Å². The molecular weight excluding hydrogens is 325 g/mol. The van der Waals surface area contributed by atoms with Gasteiger partial charge in [0.25, 0.3) is 5.91 Å². The van der Waals surface area contributed by atoms with Gasteiger partial charge in [-0.1, -0.05) is 48.5 Å². The number of carbonyl (C=O) groups excluding carboxylic acids is 1. The van der Waals surface area contributed by atoms with Crippen molar-refractivity contribution in [2.24, 2.45) is 0 Å². The Morgan fingerprint density at radius 2 is 2.04 bits per heavy atom. The zero-order valence-corrected chi connectivity index (χ0v) is 15.3. The lowest BCUT2D eigenvalue weighted by atomic mass is 9.84. The number of amides is 1. The summed E-state index contributed by atoms with van der Waals surface area (Å²) in [6, 6.07) is 15.6. The van der Waals surface area contributed by atoms with Gasteiger partial charge in [0.2, 0.25) is 0 Å². The Bertz CT molecular complexity index is 750. The van der Waals surface area contributed by atoms with E-state index in [0.29, 0.717) is 19.6 Å². The van der Waals surface area contributed by atoms with Gasteiger partial charge in [0, 0.05) is 18.1 Å². The van der Waals surface area contributed by atoms with Gasteiger partial charge in [0.15, 0.2) is 6.10 Å². The van der Waals surface area contributed by atoms with Crippen molar-refractivity contribution in [3.63, 3.8) is 0 Å². The first-order valence-corrected chi connectivity index (χ1v) is 9.05. The molecule has 3 atom stereocenters. The fourth-order valence-corrected chi connectivity index (χ4v) is 3.40. The van der Waals surface area contributed by atoms with Crippen molar-refractivity contribution < 1.29 is 14.3 Å². The number of hydrogen-bond acceptors (Lipinski definition) is 3. The standard InChI is InChI=1S/C21H24BNO3/c1-3-25-20(15-9-5-4-6-10-15)21(24)23-18(22)12-16-13-26-19-14(2)8-7-11-17(16)19/h4-11,16,18,20H,3,12-13H2,1-2H3,(H,23,24)/t16?,18-,20+/m0/s1. The minimum Gasteiger partial charge on any atom is -0.492 e. The topological polar surface area (TPSA) is 47.6 Å². The second-order valence-corrected chi connectivity index (χ2v) is 6.60. The molecule has 2 aromatic carbocycles. The summed E-state index contributed by atoms with van der Waals surface area (Å²) in [7, 11) is 6.22. The van der Waals surface area contributed by atoms with Crippen LogP contribution in [0.25, 0.3) is 0 Å². The zero-order chi connectivity index (χ0) is 18.5. The molecule has 3 rings (SSSR count). The molecule has 1 aliphatic rings. The number of ether oxygens (including phenoxy) is 2. The molecule has 2 radical (unpaired) electrons. The van der Waals surface area contributed by atoms with Crippen LogP contribution < -0.4 is 10.1 Å². The number of benzene rings is 2. The van der Waals surface area contributed by atoms with Crippen molar-refractivity contribution >= 4 is 13.8 Å². The molecule has 26 heavy (non-hydrogen) atoms. The molecule has 4 nitrogen and oxygen atoms in total. The van der Waals surface area contributed by atoms with Gasteiger partial charge in [-0.2, -0.15) is 0 Å². The molecule has 0 aliphatic carbocycles. The van der Waals surface area contributed by atoms with E-state index in [0.717, 1.165) is 16.9 Å². The second kappa shape index (κ2) is 8.41. The highest BCUT2D eigenvalue weighted by atomic mass is 16.5. The summed E-state index contributed by atoms with van der Waals surface area (Å²) in [5.41, 5.74) is 3.12. The molecule has 1 amide bonds. The summed E-state index contributed by atoms with van der Waals surface area (Å²) in [4.78, 5) is 12.7. The van der Waals surface area contributed by atoms with Crippen molar-refractivity contribution in [1.29, 1.82) is 0 Å². The Kier molecular flexibility index (Phi) is 5.99. The highest BCUT2D eigenvalue weighted by Gasteiger charge is 2.28. The van der Waals surface area contributed by atoms with Crippen molar-refractivity contribution in [1.82, 2.24) is 5.32 Å². The lowest BCUT2D eigenvalue weighted by molar-refractivity contribution is -0.133. The monoisotopic (exact) mass is 349 g/mol. The Morgan fingerprint density at radius 3 is 2.77 bits per heavy atom. The molecule has 1 aliphatic heterocycles. The summed E-state index contributed by atoms with van der Waals surface area (Å²) in [6.45, 7) is 4.95. The Hall–Kier alpha value is -2.27. The average Bonchev–Trinajstić information content (AvgIpc) is 3.04. The van der Waals surface area contributed by atoms with Crippen molar-refractivity contribution in [2.75, 3.05) is 13.2 Å². The highest BCUT2D eigenvalue weighted by Crippen LogP contribution is 2.38. The van der Waals surface area contributed by atoms with Gasteiger partial charge in [-0.3, -0.25) is 4.79 Å². The largest absolute Gasteiger partial charge is 0.492 e. The van der Waals surface area contributed by atoms with E-state index in [9.17, 15) is 4.79 Å².